The predicted octanol–water partition coefficient (Wildman–Crippen LogP) is 4.63. The van der Waals surface area contributed by atoms with E-state index in [-0.39, 0.29) is 0 Å². The van der Waals surface area contributed by atoms with E-state index in [2.05, 4.69) is 55.6 Å². The molecule has 0 aliphatic heterocycles. The summed E-state index contributed by atoms with van der Waals surface area (Å²) >= 11 is 7.54. The Morgan fingerprint density at radius 2 is 2.06 bits per heavy atom. The standard InChI is InChI=1S/C14H22Br2N2/c1-3-12-14(16)13(18(2)17-12)9-10-6-4-5-7-11(15)8-10/h10-11H,3-9H2,1-2H3. The zero-order valence-corrected chi connectivity index (χ0v) is 14.4. The summed E-state index contributed by atoms with van der Waals surface area (Å²) in [7, 11) is 2.07. The van der Waals surface area contributed by atoms with Gasteiger partial charge in [0.2, 0.25) is 0 Å². The summed E-state index contributed by atoms with van der Waals surface area (Å²) in [6.07, 6.45) is 8.91. The Morgan fingerprint density at radius 1 is 1.33 bits per heavy atom. The monoisotopic (exact) mass is 376 g/mol. The molecule has 2 nitrogen and oxygen atoms in total. The van der Waals surface area contributed by atoms with Crippen molar-refractivity contribution in [3.8, 4) is 0 Å². The van der Waals surface area contributed by atoms with E-state index in [1.54, 1.807) is 0 Å². The maximum Gasteiger partial charge on any atom is 0.0766 e. The number of hydrogen-bond acceptors (Lipinski definition) is 1. The van der Waals surface area contributed by atoms with Crippen molar-refractivity contribution in [1.82, 2.24) is 9.78 Å². The molecule has 0 bridgehead atoms. The van der Waals surface area contributed by atoms with Crippen LogP contribution >= 0.6 is 31.9 Å². The van der Waals surface area contributed by atoms with Gasteiger partial charge in [0.05, 0.1) is 15.9 Å². The van der Waals surface area contributed by atoms with E-state index in [4.69, 9.17) is 0 Å². The third-order valence-electron chi connectivity index (χ3n) is 3.95. The lowest BCUT2D eigenvalue weighted by molar-refractivity contribution is 0.449. The Balaban J connectivity index is 2.10. The molecule has 2 rings (SSSR count). The highest BCUT2D eigenvalue weighted by atomic mass is 79.9. The molecule has 1 heterocycles. The molecule has 1 saturated carbocycles. The first kappa shape index (κ1) is 14.6. The molecule has 1 aromatic heterocycles. The Kier molecular flexibility index (Phi) is 5.31. The molecule has 2 atom stereocenters. The smallest absolute Gasteiger partial charge is 0.0766 e. The number of rotatable bonds is 3. The molecule has 0 aromatic carbocycles. The molecule has 0 radical (unpaired) electrons. The van der Waals surface area contributed by atoms with Crippen molar-refractivity contribution in [2.24, 2.45) is 13.0 Å². The van der Waals surface area contributed by atoms with Gasteiger partial charge in [-0.3, -0.25) is 4.68 Å². The van der Waals surface area contributed by atoms with Crippen molar-refractivity contribution in [2.75, 3.05) is 0 Å². The van der Waals surface area contributed by atoms with E-state index >= 15 is 0 Å². The Labute approximate surface area is 127 Å². The highest BCUT2D eigenvalue weighted by molar-refractivity contribution is 9.10. The normalized spacial score (nSPS) is 25.1. The van der Waals surface area contributed by atoms with Gasteiger partial charge in [-0.15, -0.1) is 0 Å². The molecule has 4 heteroatoms. The number of aromatic nitrogens is 2. The van der Waals surface area contributed by atoms with Gasteiger partial charge in [-0.05, 0) is 47.5 Å². The maximum atomic E-state index is 4.59. The molecule has 1 aliphatic rings. The fourth-order valence-electron chi connectivity index (χ4n) is 2.90. The number of hydrogen-bond donors (Lipinski definition) is 0. The number of alkyl halides is 1. The maximum absolute atomic E-state index is 4.59. The summed E-state index contributed by atoms with van der Waals surface area (Å²) in [5.74, 6) is 0.799. The van der Waals surface area contributed by atoms with E-state index in [9.17, 15) is 0 Å². The molecular formula is C14H22Br2N2. The van der Waals surface area contributed by atoms with E-state index in [1.807, 2.05) is 0 Å². The number of halogens is 2. The predicted molar refractivity (Wildman–Crippen MR) is 83.3 cm³/mol. The van der Waals surface area contributed by atoms with Crippen LogP contribution in [0.1, 0.15) is 50.4 Å². The fraction of sp³-hybridized carbons (Fsp3) is 0.786. The highest BCUT2D eigenvalue weighted by Gasteiger charge is 2.22. The van der Waals surface area contributed by atoms with E-state index in [0.717, 1.165) is 18.8 Å². The first-order valence-corrected chi connectivity index (χ1v) is 8.67. The Bertz CT molecular complexity index is 401. The van der Waals surface area contributed by atoms with Crippen LogP contribution in [0.2, 0.25) is 0 Å². The van der Waals surface area contributed by atoms with Crippen molar-refractivity contribution in [2.45, 2.75) is 56.7 Å². The molecule has 0 saturated heterocycles. The third kappa shape index (κ3) is 3.38. The van der Waals surface area contributed by atoms with Crippen LogP contribution in [0.25, 0.3) is 0 Å². The van der Waals surface area contributed by atoms with Gasteiger partial charge >= 0.3 is 0 Å². The minimum Gasteiger partial charge on any atom is -0.271 e. The van der Waals surface area contributed by atoms with Crippen molar-refractivity contribution in [3.05, 3.63) is 15.9 Å². The first-order chi connectivity index (χ1) is 8.61. The lowest BCUT2D eigenvalue weighted by atomic mass is 9.95. The zero-order chi connectivity index (χ0) is 13.1. The summed E-state index contributed by atoms with van der Waals surface area (Å²) in [6.45, 7) is 2.16. The van der Waals surface area contributed by atoms with Crippen LogP contribution in [0.3, 0.4) is 0 Å². The minimum atomic E-state index is 0.711. The van der Waals surface area contributed by atoms with Gasteiger partial charge in [0.1, 0.15) is 0 Å². The van der Waals surface area contributed by atoms with Crippen molar-refractivity contribution < 1.29 is 0 Å². The largest absolute Gasteiger partial charge is 0.271 e. The molecule has 2 unspecified atom stereocenters. The quantitative estimate of drug-likeness (QED) is 0.554. The first-order valence-electron chi connectivity index (χ1n) is 6.96. The van der Waals surface area contributed by atoms with Gasteiger partial charge in [-0.2, -0.15) is 5.10 Å². The molecule has 1 aromatic rings. The van der Waals surface area contributed by atoms with Crippen LogP contribution in [0, 0.1) is 5.92 Å². The number of nitrogens with zero attached hydrogens (tertiary/aromatic N) is 2. The summed E-state index contributed by atoms with van der Waals surface area (Å²) in [6, 6.07) is 0. The third-order valence-corrected chi connectivity index (χ3v) is 5.70. The van der Waals surface area contributed by atoms with Gasteiger partial charge in [-0.1, -0.05) is 42.1 Å². The van der Waals surface area contributed by atoms with Crippen LogP contribution in [0.4, 0.5) is 0 Å². The average molecular weight is 378 g/mol. The molecule has 0 amide bonds. The van der Waals surface area contributed by atoms with Crippen molar-refractivity contribution in [1.29, 1.82) is 0 Å². The summed E-state index contributed by atoms with van der Waals surface area (Å²) in [4.78, 5) is 0.711. The highest BCUT2D eigenvalue weighted by Crippen LogP contribution is 2.32. The molecule has 102 valence electrons. The van der Waals surface area contributed by atoms with Crippen LogP contribution in [-0.4, -0.2) is 14.6 Å². The van der Waals surface area contributed by atoms with Gasteiger partial charge in [0.25, 0.3) is 0 Å². The second-order valence-corrected chi connectivity index (χ2v) is 7.46. The van der Waals surface area contributed by atoms with Crippen molar-refractivity contribution >= 4 is 31.9 Å². The topological polar surface area (TPSA) is 17.8 Å². The number of aryl methyl sites for hydroxylation is 2. The molecule has 1 fully saturated rings. The summed E-state index contributed by atoms with van der Waals surface area (Å²) in [5.41, 5.74) is 2.56. The lowest BCUT2D eigenvalue weighted by Crippen LogP contribution is -2.11. The van der Waals surface area contributed by atoms with Gasteiger partial charge in [0.15, 0.2) is 0 Å². The molecular weight excluding hydrogens is 356 g/mol. The molecule has 18 heavy (non-hydrogen) atoms. The summed E-state index contributed by atoms with van der Waals surface area (Å²) < 4.78 is 3.31. The Hall–Kier alpha value is 0.170. The van der Waals surface area contributed by atoms with Gasteiger partial charge in [-0.25, -0.2) is 0 Å². The Morgan fingerprint density at radius 3 is 2.72 bits per heavy atom. The van der Waals surface area contributed by atoms with E-state index < -0.39 is 0 Å². The van der Waals surface area contributed by atoms with E-state index in [1.165, 1.54) is 48.0 Å². The van der Waals surface area contributed by atoms with Crippen LogP contribution in [-0.2, 0) is 19.9 Å². The molecule has 0 N–H and O–H groups in total. The molecule has 0 spiro atoms. The van der Waals surface area contributed by atoms with Crippen molar-refractivity contribution in [3.63, 3.8) is 0 Å². The van der Waals surface area contributed by atoms with E-state index in [0.29, 0.717) is 4.83 Å². The van der Waals surface area contributed by atoms with Crippen LogP contribution < -0.4 is 0 Å². The van der Waals surface area contributed by atoms with Gasteiger partial charge in [0, 0.05) is 11.9 Å². The average Bonchev–Trinajstić information content (AvgIpc) is 2.53. The van der Waals surface area contributed by atoms with Gasteiger partial charge < -0.3 is 0 Å². The SMILES string of the molecule is CCc1nn(C)c(CC2CCCCC(Br)C2)c1Br. The second kappa shape index (κ2) is 6.56. The summed E-state index contributed by atoms with van der Waals surface area (Å²) in [5, 5.41) is 4.59. The molecule has 1 aliphatic carbocycles. The van der Waals surface area contributed by atoms with Crippen LogP contribution in [0.5, 0.6) is 0 Å². The van der Waals surface area contributed by atoms with Crippen LogP contribution in [0.15, 0.2) is 4.47 Å². The second-order valence-electron chi connectivity index (χ2n) is 5.37. The minimum absolute atomic E-state index is 0.711. The fourth-order valence-corrected chi connectivity index (χ4v) is 4.53. The lowest BCUT2D eigenvalue weighted by Gasteiger charge is -2.16. The zero-order valence-electron chi connectivity index (χ0n) is 11.3.